The Morgan fingerprint density at radius 1 is 1.23 bits per heavy atom. The van der Waals surface area contributed by atoms with Gasteiger partial charge in [0.05, 0.1) is 5.69 Å². The van der Waals surface area contributed by atoms with Gasteiger partial charge < -0.3 is 30.0 Å². The van der Waals surface area contributed by atoms with Crippen LogP contribution in [0.25, 0.3) is 11.2 Å². The summed E-state index contributed by atoms with van der Waals surface area (Å²) in [5.41, 5.74) is 8.47. The number of hydrogen-bond acceptors (Lipinski definition) is 9. The largest absolute Gasteiger partial charge is 0.454 e. The fourth-order valence-corrected chi connectivity index (χ4v) is 4.37. The number of nitrogens with one attached hydrogen (secondary N) is 1. The van der Waals surface area contributed by atoms with E-state index >= 15 is 0 Å². The van der Waals surface area contributed by atoms with Crippen molar-refractivity contribution in [2.75, 3.05) is 44.6 Å². The summed E-state index contributed by atoms with van der Waals surface area (Å²) in [6.45, 7) is 7.11. The lowest BCUT2D eigenvalue weighted by Crippen LogP contribution is -2.24. The standard InChI is InChI=1S/C20H27N7O2S/c1-12(2)9-22-5-6-27-19-17(18(21)23-10-24-19)25-20(27)30-16-8-15-14(28-11-29-15)7-13(16)26(3)4/h7-8,10,12,22H,5-6,9,11H2,1-4H3,(H2,21,23,24). The van der Waals surface area contributed by atoms with Crippen molar-refractivity contribution in [2.45, 2.75) is 30.4 Å². The van der Waals surface area contributed by atoms with Gasteiger partial charge in [0.15, 0.2) is 33.6 Å². The van der Waals surface area contributed by atoms with Gasteiger partial charge >= 0.3 is 0 Å². The van der Waals surface area contributed by atoms with Crippen LogP contribution in [0.3, 0.4) is 0 Å². The molecule has 0 radical (unpaired) electrons. The van der Waals surface area contributed by atoms with Crippen LogP contribution in [0.1, 0.15) is 13.8 Å². The van der Waals surface area contributed by atoms with Crippen LogP contribution in [0.2, 0.25) is 0 Å². The molecule has 10 heteroatoms. The monoisotopic (exact) mass is 429 g/mol. The number of ether oxygens (including phenoxy) is 2. The van der Waals surface area contributed by atoms with Gasteiger partial charge in [0.25, 0.3) is 0 Å². The Bertz CT molecular complexity index is 1050. The van der Waals surface area contributed by atoms with Crippen molar-refractivity contribution < 1.29 is 9.47 Å². The number of nitrogen functional groups attached to an aromatic ring is 1. The summed E-state index contributed by atoms with van der Waals surface area (Å²) in [6, 6.07) is 3.99. The molecular formula is C20H27N7O2S. The lowest BCUT2D eigenvalue weighted by molar-refractivity contribution is 0.174. The minimum absolute atomic E-state index is 0.239. The number of imidazole rings is 1. The lowest BCUT2D eigenvalue weighted by atomic mass is 10.2. The van der Waals surface area contributed by atoms with Gasteiger partial charge in [-0.3, -0.25) is 0 Å². The van der Waals surface area contributed by atoms with Crippen molar-refractivity contribution in [3.05, 3.63) is 18.5 Å². The summed E-state index contributed by atoms with van der Waals surface area (Å²) < 4.78 is 13.2. The van der Waals surface area contributed by atoms with E-state index in [9.17, 15) is 0 Å². The first-order valence-corrected chi connectivity index (χ1v) is 10.7. The van der Waals surface area contributed by atoms with E-state index < -0.39 is 0 Å². The van der Waals surface area contributed by atoms with Gasteiger partial charge in [-0.1, -0.05) is 13.8 Å². The van der Waals surface area contributed by atoms with E-state index in [1.807, 2.05) is 26.2 Å². The summed E-state index contributed by atoms with van der Waals surface area (Å²) in [7, 11) is 4.01. The molecule has 160 valence electrons. The Hall–Kier alpha value is -2.72. The van der Waals surface area contributed by atoms with E-state index in [4.69, 9.17) is 20.2 Å². The molecule has 3 heterocycles. The zero-order valence-electron chi connectivity index (χ0n) is 17.7. The predicted molar refractivity (Wildman–Crippen MR) is 118 cm³/mol. The number of anilines is 2. The van der Waals surface area contributed by atoms with Gasteiger partial charge in [-0.2, -0.15) is 0 Å². The number of hydrogen-bond donors (Lipinski definition) is 2. The highest BCUT2D eigenvalue weighted by molar-refractivity contribution is 7.99. The number of nitrogens with zero attached hydrogens (tertiary/aromatic N) is 5. The number of nitrogens with two attached hydrogens (primary N) is 1. The molecule has 0 unspecified atom stereocenters. The molecule has 30 heavy (non-hydrogen) atoms. The van der Waals surface area contributed by atoms with Crippen LogP contribution in [0.5, 0.6) is 11.5 Å². The highest BCUT2D eigenvalue weighted by atomic mass is 32.2. The van der Waals surface area contributed by atoms with Gasteiger partial charge in [0.1, 0.15) is 6.33 Å². The van der Waals surface area contributed by atoms with Gasteiger partial charge in [0, 0.05) is 44.2 Å². The highest BCUT2D eigenvalue weighted by Gasteiger charge is 2.22. The van der Waals surface area contributed by atoms with Crippen LogP contribution >= 0.6 is 11.8 Å². The van der Waals surface area contributed by atoms with Crippen molar-refractivity contribution in [1.29, 1.82) is 0 Å². The fourth-order valence-electron chi connectivity index (χ4n) is 3.24. The Labute approximate surface area is 180 Å². The van der Waals surface area contributed by atoms with Crippen LogP contribution in [0, 0.1) is 5.92 Å². The number of rotatable bonds is 8. The smallest absolute Gasteiger partial charge is 0.231 e. The third-order valence-corrected chi connectivity index (χ3v) is 5.77. The molecule has 0 spiro atoms. The highest BCUT2D eigenvalue weighted by Crippen LogP contribution is 2.44. The predicted octanol–water partition coefficient (Wildman–Crippen LogP) is 2.60. The molecule has 0 saturated carbocycles. The number of fused-ring (bicyclic) bond motifs is 2. The molecule has 0 fully saturated rings. The van der Waals surface area contributed by atoms with Crippen molar-refractivity contribution in [3.8, 4) is 11.5 Å². The molecular weight excluding hydrogens is 402 g/mol. The maximum atomic E-state index is 6.08. The Kier molecular flexibility index (Phi) is 5.87. The second kappa shape index (κ2) is 8.57. The minimum Gasteiger partial charge on any atom is -0.454 e. The minimum atomic E-state index is 0.239. The molecule has 2 aromatic heterocycles. The molecule has 1 aliphatic heterocycles. The van der Waals surface area contributed by atoms with Crippen molar-refractivity contribution in [3.63, 3.8) is 0 Å². The average molecular weight is 430 g/mol. The molecule has 0 aliphatic carbocycles. The second-order valence-corrected chi connectivity index (χ2v) is 8.75. The molecule has 1 aromatic carbocycles. The van der Waals surface area contributed by atoms with E-state index in [0.29, 0.717) is 17.3 Å². The number of aromatic nitrogens is 4. The maximum absolute atomic E-state index is 6.08. The molecule has 3 N–H and O–H groups in total. The Balaban J connectivity index is 1.70. The Morgan fingerprint density at radius 2 is 2.00 bits per heavy atom. The van der Waals surface area contributed by atoms with Gasteiger partial charge in [0.2, 0.25) is 6.79 Å². The molecule has 3 aromatic rings. The van der Waals surface area contributed by atoms with E-state index in [1.165, 1.54) is 6.33 Å². The third-order valence-electron chi connectivity index (χ3n) is 4.73. The summed E-state index contributed by atoms with van der Waals surface area (Å²) in [5.74, 6) is 2.47. The average Bonchev–Trinajstić information content (AvgIpc) is 3.29. The molecule has 1 aliphatic rings. The third kappa shape index (κ3) is 4.10. The van der Waals surface area contributed by atoms with Crippen LogP contribution in [-0.2, 0) is 6.54 Å². The SMILES string of the molecule is CC(C)CNCCn1c(Sc2cc3c(cc2N(C)C)OCO3)nc2c(N)ncnc21. The first-order chi connectivity index (χ1) is 14.4. The van der Waals surface area contributed by atoms with E-state index in [2.05, 4.69) is 38.6 Å². The van der Waals surface area contributed by atoms with Crippen LogP contribution < -0.4 is 25.4 Å². The first kappa shape index (κ1) is 20.5. The lowest BCUT2D eigenvalue weighted by Gasteiger charge is -2.18. The zero-order chi connectivity index (χ0) is 21.3. The van der Waals surface area contributed by atoms with Crippen LogP contribution in [-0.4, -0.2) is 53.5 Å². The molecule has 0 bridgehead atoms. The van der Waals surface area contributed by atoms with Crippen molar-refractivity contribution >= 4 is 34.4 Å². The van der Waals surface area contributed by atoms with Gasteiger partial charge in [-0.05, 0) is 24.2 Å². The number of benzene rings is 1. The summed E-state index contributed by atoms with van der Waals surface area (Å²) in [5, 5.41) is 4.29. The van der Waals surface area contributed by atoms with Crippen LogP contribution in [0.15, 0.2) is 28.5 Å². The zero-order valence-corrected chi connectivity index (χ0v) is 18.5. The maximum Gasteiger partial charge on any atom is 0.231 e. The molecule has 0 saturated heterocycles. The molecule has 0 amide bonds. The molecule has 9 nitrogen and oxygen atoms in total. The Morgan fingerprint density at radius 3 is 2.73 bits per heavy atom. The molecule has 4 rings (SSSR count). The topological polar surface area (TPSA) is 103 Å². The summed E-state index contributed by atoms with van der Waals surface area (Å²) in [4.78, 5) is 16.4. The normalized spacial score (nSPS) is 12.8. The van der Waals surface area contributed by atoms with Crippen LogP contribution in [0.4, 0.5) is 11.5 Å². The second-order valence-electron chi connectivity index (χ2n) is 7.74. The van der Waals surface area contributed by atoms with Crippen molar-refractivity contribution in [1.82, 2.24) is 24.8 Å². The van der Waals surface area contributed by atoms with E-state index in [0.717, 1.165) is 52.5 Å². The van der Waals surface area contributed by atoms with E-state index in [1.54, 1.807) is 11.8 Å². The van der Waals surface area contributed by atoms with E-state index in [-0.39, 0.29) is 6.79 Å². The van der Waals surface area contributed by atoms with Crippen molar-refractivity contribution in [2.24, 2.45) is 5.92 Å². The summed E-state index contributed by atoms with van der Waals surface area (Å²) in [6.07, 6.45) is 1.48. The summed E-state index contributed by atoms with van der Waals surface area (Å²) >= 11 is 1.56. The van der Waals surface area contributed by atoms with Gasteiger partial charge in [-0.25, -0.2) is 15.0 Å². The van der Waals surface area contributed by atoms with Gasteiger partial charge in [-0.15, -0.1) is 0 Å². The molecule has 0 atom stereocenters. The quantitative estimate of drug-likeness (QED) is 0.523. The fraction of sp³-hybridized carbons (Fsp3) is 0.450. The first-order valence-electron chi connectivity index (χ1n) is 9.90.